The minimum absolute atomic E-state index is 0.0466. The summed E-state index contributed by atoms with van der Waals surface area (Å²) in [7, 11) is -3.59. The lowest BCUT2D eigenvalue weighted by atomic mass is 9.96. The van der Waals surface area contributed by atoms with Crippen molar-refractivity contribution in [3.05, 3.63) is 48.5 Å². The van der Waals surface area contributed by atoms with Gasteiger partial charge in [-0.1, -0.05) is 17.3 Å². The van der Waals surface area contributed by atoms with Gasteiger partial charge in [0.05, 0.1) is 18.1 Å². The van der Waals surface area contributed by atoms with E-state index in [0.717, 1.165) is 12.8 Å². The Bertz CT molecular complexity index is 1020. The molecule has 27 heavy (non-hydrogen) atoms. The van der Waals surface area contributed by atoms with E-state index in [2.05, 4.69) is 20.1 Å². The number of benzene rings is 1. The smallest absolute Gasteiger partial charge is 0.260 e. The van der Waals surface area contributed by atoms with E-state index in [4.69, 9.17) is 4.52 Å². The van der Waals surface area contributed by atoms with Gasteiger partial charge in [0.1, 0.15) is 5.82 Å². The summed E-state index contributed by atoms with van der Waals surface area (Å²) in [6.45, 7) is 0.820. The molecule has 1 atom stereocenters. The largest absolute Gasteiger partial charge is 0.339 e. The minimum atomic E-state index is -3.59. The number of hydrogen-bond acceptors (Lipinski definition) is 6. The highest BCUT2D eigenvalue weighted by atomic mass is 32.2. The molecule has 0 saturated carbocycles. The predicted molar refractivity (Wildman–Crippen MR) is 93.5 cm³/mol. The number of imidazole rings is 1. The van der Waals surface area contributed by atoms with Crippen LogP contribution in [-0.4, -0.2) is 45.9 Å². The first kappa shape index (κ1) is 17.8. The maximum atomic E-state index is 13.9. The SMILES string of the molecule is O=S(=O)(c1cnc[nH]1)N1CCCC(Cc2nc(-c3ccccc3F)no2)C1. The number of halogens is 1. The first-order valence-electron chi connectivity index (χ1n) is 8.60. The van der Waals surface area contributed by atoms with Gasteiger partial charge in [-0.2, -0.15) is 9.29 Å². The Labute approximate surface area is 155 Å². The zero-order valence-corrected chi connectivity index (χ0v) is 15.2. The highest BCUT2D eigenvalue weighted by Gasteiger charge is 2.32. The summed E-state index contributed by atoms with van der Waals surface area (Å²) in [5, 5.41) is 3.94. The van der Waals surface area contributed by atoms with Crippen LogP contribution in [0.15, 0.2) is 46.3 Å². The van der Waals surface area contributed by atoms with Gasteiger partial charge in [-0.3, -0.25) is 0 Å². The molecule has 3 heterocycles. The molecule has 0 amide bonds. The lowest BCUT2D eigenvalue weighted by Crippen LogP contribution is -2.40. The highest BCUT2D eigenvalue weighted by Crippen LogP contribution is 2.26. The number of aromatic nitrogens is 4. The van der Waals surface area contributed by atoms with Gasteiger partial charge in [-0.15, -0.1) is 0 Å². The topological polar surface area (TPSA) is 105 Å². The van der Waals surface area contributed by atoms with Gasteiger partial charge in [-0.25, -0.2) is 17.8 Å². The zero-order valence-electron chi connectivity index (χ0n) is 14.4. The number of hydrogen-bond donors (Lipinski definition) is 1. The van der Waals surface area contributed by atoms with Gasteiger partial charge in [0.25, 0.3) is 10.0 Å². The fourth-order valence-corrected chi connectivity index (χ4v) is 4.72. The summed E-state index contributed by atoms with van der Waals surface area (Å²) >= 11 is 0. The fraction of sp³-hybridized carbons (Fsp3) is 0.353. The summed E-state index contributed by atoms with van der Waals surface area (Å²) in [5.41, 5.74) is 0.277. The lowest BCUT2D eigenvalue weighted by molar-refractivity contribution is 0.246. The molecule has 142 valence electrons. The number of H-pyrrole nitrogens is 1. The molecule has 10 heteroatoms. The van der Waals surface area contributed by atoms with Crippen LogP contribution in [0.25, 0.3) is 11.4 Å². The Morgan fingerprint density at radius 3 is 2.96 bits per heavy atom. The number of piperidine rings is 1. The monoisotopic (exact) mass is 391 g/mol. The van der Waals surface area contributed by atoms with Crippen LogP contribution in [0.5, 0.6) is 0 Å². The maximum absolute atomic E-state index is 13.9. The van der Waals surface area contributed by atoms with Crippen LogP contribution < -0.4 is 0 Å². The third-order valence-corrected chi connectivity index (χ3v) is 6.41. The van der Waals surface area contributed by atoms with E-state index in [1.54, 1.807) is 18.2 Å². The molecule has 1 aliphatic heterocycles. The van der Waals surface area contributed by atoms with E-state index in [9.17, 15) is 12.8 Å². The van der Waals surface area contributed by atoms with Gasteiger partial charge in [0.15, 0.2) is 5.03 Å². The molecule has 0 spiro atoms. The van der Waals surface area contributed by atoms with Crippen LogP contribution in [-0.2, 0) is 16.4 Å². The fourth-order valence-electron chi connectivity index (χ4n) is 3.27. The molecule has 2 aromatic heterocycles. The quantitative estimate of drug-likeness (QED) is 0.715. The van der Waals surface area contributed by atoms with Gasteiger partial charge in [0, 0.05) is 19.5 Å². The van der Waals surface area contributed by atoms with Crippen molar-refractivity contribution < 1.29 is 17.3 Å². The lowest BCUT2D eigenvalue weighted by Gasteiger charge is -2.30. The Kier molecular flexibility index (Phi) is 4.75. The molecule has 4 rings (SSSR count). The minimum Gasteiger partial charge on any atom is -0.339 e. The average Bonchev–Trinajstić information content (AvgIpc) is 3.35. The van der Waals surface area contributed by atoms with Crippen LogP contribution >= 0.6 is 0 Å². The molecular weight excluding hydrogens is 373 g/mol. The van der Waals surface area contributed by atoms with E-state index in [1.165, 1.54) is 22.9 Å². The van der Waals surface area contributed by atoms with Crippen molar-refractivity contribution in [2.45, 2.75) is 24.3 Å². The summed E-state index contributed by atoms with van der Waals surface area (Å²) in [4.78, 5) is 10.7. The molecule has 1 aromatic carbocycles. The van der Waals surface area contributed by atoms with Crippen molar-refractivity contribution in [1.29, 1.82) is 0 Å². The van der Waals surface area contributed by atoms with Crippen LogP contribution in [0.4, 0.5) is 4.39 Å². The summed E-state index contributed by atoms with van der Waals surface area (Å²) in [5.74, 6) is 0.199. The molecular formula is C17H18FN5O3S. The van der Waals surface area contributed by atoms with E-state index in [-0.39, 0.29) is 22.3 Å². The number of nitrogens with one attached hydrogen (secondary N) is 1. The van der Waals surface area contributed by atoms with Crippen molar-refractivity contribution in [2.24, 2.45) is 5.92 Å². The molecule has 0 bridgehead atoms. The highest BCUT2D eigenvalue weighted by molar-refractivity contribution is 7.89. The Hall–Kier alpha value is -2.59. The molecule has 1 fully saturated rings. The summed E-state index contributed by atoms with van der Waals surface area (Å²) in [6, 6.07) is 6.22. The third kappa shape index (κ3) is 3.62. The second kappa shape index (κ2) is 7.20. The van der Waals surface area contributed by atoms with Crippen molar-refractivity contribution in [2.75, 3.05) is 13.1 Å². The standard InChI is InChI=1S/C17H18FN5O3S/c18-14-6-2-1-5-13(14)17-21-15(26-22-17)8-12-4-3-7-23(10-12)27(24,25)16-9-19-11-20-16/h1-2,5-6,9,11-12H,3-4,7-8,10H2,(H,19,20). The second-order valence-corrected chi connectivity index (χ2v) is 8.39. The number of rotatable bonds is 5. The molecule has 0 radical (unpaired) electrons. The molecule has 1 unspecified atom stereocenters. The predicted octanol–water partition coefficient (Wildman–Crippen LogP) is 2.24. The Morgan fingerprint density at radius 1 is 1.33 bits per heavy atom. The average molecular weight is 391 g/mol. The number of aromatic amines is 1. The van der Waals surface area contributed by atoms with Crippen molar-refractivity contribution in [3.8, 4) is 11.4 Å². The van der Waals surface area contributed by atoms with Gasteiger partial charge < -0.3 is 9.51 Å². The zero-order chi connectivity index (χ0) is 18.9. The molecule has 1 N–H and O–H groups in total. The van der Waals surface area contributed by atoms with E-state index in [0.29, 0.717) is 25.4 Å². The van der Waals surface area contributed by atoms with Crippen LogP contribution in [0.1, 0.15) is 18.7 Å². The van der Waals surface area contributed by atoms with Crippen LogP contribution in [0, 0.1) is 11.7 Å². The molecule has 1 saturated heterocycles. The Morgan fingerprint density at radius 2 is 2.19 bits per heavy atom. The van der Waals surface area contributed by atoms with E-state index >= 15 is 0 Å². The van der Waals surface area contributed by atoms with Crippen LogP contribution in [0.3, 0.4) is 0 Å². The van der Waals surface area contributed by atoms with Crippen LogP contribution in [0.2, 0.25) is 0 Å². The summed E-state index contributed by atoms with van der Waals surface area (Å²) < 4.78 is 45.8. The Balaban J connectivity index is 1.47. The number of nitrogens with zero attached hydrogens (tertiary/aromatic N) is 4. The van der Waals surface area contributed by atoms with Gasteiger partial charge >= 0.3 is 0 Å². The summed E-state index contributed by atoms with van der Waals surface area (Å²) in [6.07, 6.45) is 4.68. The first-order valence-corrected chi connectivity index (χ1v) is 10.0. The van der Waals surface area contributed by atoms with E-state index < -0.39 is 15.8 Å². The molecule has 1 aliphatic rings. The first-order chi connectivity index (χ1) is 13.0. The maximum Gasteiger partial charge on any atom is 0.260 e. The van der Waals surface area contributed by atoms with Gasteiger partial charge in [-0.05, 0) is 30.9 Å². The van der Waals surface area contributed by atoms with Crippen molar-refractivity contribution >= 4 is 10.0 Å². The third-order valence-electron chi connectivity index (χ3n) is 4.62. The van der Waals surface area contributed by atoms with Gasteiger partial charge in [0.2, 0.25) is 11.7 Å². The molecule has 8 nitrogen and oxygen atoms in total. The van der Waals surface area contributed by atoms with E-state index in [1.807, 2.05) is 0 Å². The number of sulfonamides is 1. The van der Waals surface area contributed by atoms with Crippen molar-refractivity contribution in [1.82, 2.24) is 24.4 Å². The normalized spacial score (nSPS) is 18.6. The van der Waals surface area contributed by atoms with Crippen molar-refractivity contribution in [3.63, 3.8) is 0 Å². The second-order valence-electron chi connectivity index (χ2n) is 6.48. The molecule has 3 aromatic rings. The molecule has 0 aliphatic carbocycles.